The molecule has 0 radical (unpaired) electrons. The number of hydrogen-bond acceptors (Lipinski definition) is 3. The number of nitrogens with one attached hydrogen (secondary N) is 2. The zero-order chi connectivity index (χ0) is 16.9. The molecule has 0 saturated heterocycles. The van der Waals surface area contributed by atoms with Crippen LogP contribution in [0.25, 0.3) is 0 Å². The van der Waals surface area contributed by atoms with Crippen LogP contribution >= 0.6 is 0 Å². The Morgan fingerprint density at radius 3 is 2.83 bits per heavy atom. The number of carbonyl (C=O) groups is 1. The highest BCUT2D eigenvalue weighted by Crippen LogP contribution is 2.46. The van der Waals surface area contributed by atoms with Gasteiger partial charge in [0.05, 0.1) is 23.4 Å². The van der Waals surface area contributed by atoms with E-state index in [-0.39, 0.29) is 23.9 Å². The van der Waals surface area contributed by atoms with E-state index in [1.165, 1.54) is 6.07 Å². The molecule has 2 heterocycles. The number of hydrogen-bond donors (Lipinski definition) is 2. The van der Waals surface area contributed by atoms with Crippen molar-refractivity contribution in [1.29, 1.82) is 0 Å². The maximum atomic E-state index is 14.1. The van der Waals surface area contributed by atoms with Gasteiger partial charge in [-0.05, 0) is 32.8 Å². The summed E-state index contributed by atoms with van der Waals surface area (Å²) < 4.78 is 19.9. The summed E-state index contributed by atoms with van der Waals surface area (Å²) in [7, 11) is 0. The van der Waals surface area contributed by atoms with Gasteiger partial charge in [0.15, 0.2) is 5.69 Å². The smallest absolute Gasteiger partial charge is 0.272 e. The molecule has 4 rings (SSSR count). The highest BCUT2D eigenvalue weighted by atomic mass is 19.1. The maximum Gasteiger partial charge on any atom is 0.272 e. The monoisotopic (exact) mass is 329 g/mol. The van der Waals surface area contributed by atoms with E-state index in [2.05, 4.69) is 15.5 Å². The Hall–Kier alpha value is -2.21. The molecular formula is C18H20FN3O2. The van der Waals surface area contributed by atoms with Crippen molar-refractivity contribution < 1.29 is 13.9 Å². The fourth-order valence-corrected chi connectivity index (χ4v) is 3.57. The molecule has 1 aliphatic carbocycles. The molecule has 2 N–H and O–H groups in total. The predicted octanol–water partition coefficient (Wildman–Crippen LogP) is 2.99. The van der Waals surface area contributed by atoms with Crippen LogP contribution in [0.3, 0.4) is 0 Å². The van der Waals surface area contributed by atoms with Crippen LogP contribution in [0.1, 0.15) is 60.1 Å². The van der Waals surface area contributed by atoms with E-state index in [0.29, 0.717) is 17.7 Å². The molecule has 0 bridgehead atoms. The van der Waals surface area contributed by atoms with Crippen LogP contribution in [-0.4, -0.2) is 22.2 Å². The van der Waals surface area contributed by atoms with Crippen molar-refractivity contribution in [3.63, 3.8) is 0 Å². The Balaban J connectivity index is 1.61. The minimum Gasteiger partial charge on any atom is -0.369 e. The van der Waals surface area contributed by atoms with Gasteiger partial charge in [-0.15, -0.1) is 0 Å². The lowest BCUT2D eigenvalue weighted by molar-refractivity contribution is -0.00697. The van der Waals surface area contributed by atoms with Gasteiger partial charge in [0.2, 0.25) is 0 Å². The Labute approximate surface area is 139 Å². The van der Waals surface area contributed by atoms with Crippen LogP contribution in [0.2, 0.25) is 0 Å². The normalized spacial score (nSPS) is 24.3. The molecule has 5 nitrogen and oxygen atoms in total. The van der Waals surface area contributed by atoms with Gasteiger partial charge in [-0.2, -0.15) is 5.10 Å². The molecule has 1 saturated carbocycles. The molecule has 2 atom stereocenters. The molecule has 126 valence electrons. The fraction of sp³-hybridized carbons (Fsp3) is 0.444. The van der Waals surface area contributed by atoms with Crippen molar-refractivity contribution in [2.75, 3.05) is 0 Å². The molecule has 1 amide bonds. The molecular weight excluding hydrogens is 309 g/mol. The molecule has 1 aromatic heterocycles. The SMILES string of the molecule is C[C@@H]1Cc2c(C(=O)NC3(c4ccccc4F)CC3)n[nH]c2[C@H](C)O1. The summed E-state index contributed by atoms with van der Waals surface area (Å²) >= 11 is 0. The lowest BCUT2D eigenvalue weighted by Gasteiger charge is -2.25. The molecule has 6 heteroatoms. The largest absolute Gasteiger partial charge is 0.369 e. The second kappa shape index (κ2) is 5.41. The summed E-state index contributed by atoms with van der Waals surface area (Å²) in [6, 6.07) is 6.62. The maximum absolute atomic E-state index is 14.1. The molecule has 24 heavy (non-hydrogen) atoms. The van der Waals surface area contributed by atoms with Gasteiger partial charge in [0, 0.05) is 17.5 Å². The first-order valence-electron chi connectivity index (χ1n) is 8.30. The number of ether oxygens (including phenoxy) is 1. The molecule has 1 aliphatic heterocycles. The average Bonchev–Trinajstić information content (AvgIpc) is 3.17. The Morgan fingerprint density at radius 1 is 1.38 bits per heavy atom. The predicted molar refractivity (Wildman–Crippen MR) is 86.0 cm³/mol. The molecule has 0 unspecified atom stereocenters. The fourth-order valence-electron chi connectivity index (χ4n) is 3.57. The Kier molecular flexibility index (Phi) is 3.46. The zero-order valence-corrected chi connectivity index (χ0v) is 13.7. The first kappa shape index (κ1) is 15.3. The molecule has 0 spiro atoms. The Morgan fingerprint density at radius 2 is 2.12 bits per heavy atom. The summed E-state index contributed by atoms with van der Waals surface area (Å²) in [4.78, 5) is 12.8. The number of benzene rings is 1. The van der Waals surface area contributed by atoms with E-state index in [1.807, 2.05) is 13.8 Å². The number of carbonyl (C=O) groups excluding carboxylic acids is 1. The molecule has 1 aromatic carbocycles. The van der Waals surface area contributed by atoms with Crippen molar-refractivity contribution in [3.8, 4) is 0 Å². The van der Waals surface area contributed by atoms with Gasteiger partial charge in [0.1, 0.15) is 5.82 Å². The molecule has 1 fully saturated rings. The van der Waals surface area contributed by atoms with E-state index in [0.717, 1.165) is 24.1 Å². The van der Waals surface area contributed by atoms with Crippen molar-refractivity contribution in [1.82, 2.24) is 15.5 Å². The minimum absolute atomic E-state index is 0.0399. The number of H-pyrrole nitrogens is 1. The Bertz CT molecular complexity index is 797. The number of fused-ring (bicyclic) bond motifs is 1. The lowest BCUT2D eigenvalue weighted by atomic mass is 9.98. The number of halogens is 1. The van der Waals surface area contributed by atoms with Crippen LogP contribution < -0.4 is 5.32 Å². The average molecular weight is 329 g/mol. The first-order valence-corrected chi connectivity index (χ1v) is 8.30. The highest BCUT2D eigenvalue weighted by molar-refractivity contribution is 5.95. The van der Waals surface area contributed by atoms with Crippen molar-refractivity contribution in [2.45, 2.75) is 50.9 Å². The standard InChI is InChI=1S/C18H20FN3O2/c1-10-9-12-15(11(2)24-10)21-22-16(12)17(23)20-18(7-8-18)13-5-3-4-6-14(13)19/h3-6,10-11H,7-9H2,1-2H3,(H,20,23)(H,21,22)/t10-,11+/m1/s1. The van der Waals surface area contributed by atoms with Crippen molar-refractivity contribution in [2.24, 2.45) is 0 Å². The van der Waals surface area contributed by atoms with Gasteiger partial charge in [-0.25, -0.2) is 4.39 Å². The van der Waals surface area contributed by atoms with E-state index < -0.39 is 5.54 Å². The van der Waals surface area contributed by atoms with Crippen LogP contribution in [0.4, 0.5) is 4.39 Å². The summed E-state index contributed by atoms with van der Waals surface area (Å²) in [5, 5.41) is 10.1. The number of rotatable bonds is 3. The number of aromatic amines is 1. The molecule has 2 aliphatic rings. The number of aromatic nitrogens is 2. The van der Waals surface area contributed by atoms with Crippen LogP contribution in [0, 0.1) is 5.82 Å². The second-order valence-electron chi connectivity index (χ2n) is 6.77. The number of nitrogens with zero attached hydrogens (tertiary/aromatic N) is 1. The summed E-state index contributed by atoms with van der Waals surface area (Å²) in [5.41, 5.74) is 2.11. The van der Waals surface area contributed by atoms with E-state index in [1.54, 1.807) is 18.2 Å². The van der Waals surface area contributed by atoms with Gasteiger partial charge in [-0.3, -0.25) is 9.89 Å². The third-order valence-electron chi connectivity index (χ3n) is 4.94. The lowest BCUT2D eigenvalue weighted by Crippen LogP contribution is -2.36. The van der Waals surface area contributed by atoms with Gasteiger partial charge in [-0.1, -0.05) is 18.2 Å². The van der Waals surface area contributed by atoms with Crippen LogP contribution in [-0.2, 0) is 16.7 Å². The van der Waals surface area contributed by atoms with Crippen LogP contribution in [0.15, 0.2) is 24.3 Å². The van der Waals surface area contributed by atoms with E-state index in [9.17, 15) is 9.18 Å². The van der Waals surface area contributed by atoms with Crippen molar-refractivity contribution >= 4 is 5.91 Å². The third-order valence-corrected chi connectivity index (χ3v) is 4.94. The van der Waals surface area contributed by atoms with Crippen LogP contribution in [0.5, 0.6) is 0 Å². The molecule has 2 aromatic rings. The van der Waals surface area contributed by atoms with E-state index >= 15 is 0 Å². The first-order chi connectivity index (χ1) is 11.5. The summed E-state index contributed by atoms with van der Waals surface area (Å²) in [6.45, 7) is 3.92. The van der Waals surface area contributed by atoms with Crippen molar-refractivity contribution in [3.05, 3.63) is 52.6 Å². The summed E-state index contributed by atoms with van der Waals surface area (Å²) in [6.07, 6.45) is 2.05. The summed E-state index contributed by atoms with van der Waals surface area (Å²) in [5.74, 6) is -0.537. The third kappa shape index (κ3) is 2.41. The quantitative estimate of drug-likeness (QED) is 0.910. The zero-order valence-electron chi connectivity index (χ0n) is 13.7. The topological polar surface area (TPSA) is 67.0 Å². The highest BCUT2D eigenvalue weighted by Gasteiger charge is 2.48. The second-order valence-corrected chi connectivity index (χ2v) is 6.77. The van der Waals surface area contributed by atoms with Gasteiger partial charge < -0.3 is 10.1 Å². The van der Waals surface area contributed by atoms with Gasteiger partial charge >= 0.3 is 0 Å². The number of amides is 1. The van der Waals surface area contributed by atoms with E-state index in [4.69, 9.17) is 4.74 Å². The minimum atomic E-state index is -0.601. The van der Waals surface area contributed by atoms with Gasteiger partial charge in [0.25, 0.3) is 5.91 Å².